The standard InChI is InChI=1S/C28H34F2N7O7P/c1-15(2)42-23(38)16(3)36-45(40,44-19-12-8-10-17-9-6-7-11-18(17)19)41-13-28(30)24(39)27(4,29)25(43-28)37-14-33-20-21(32-5)34-26(31)35-22(20)37/h6-12,14-16,24-25,39H,13H2,1-5H3,(H,36,40)(H3,31,32,34,35)/t16-,24+,25-,27-,28-,45+/m1/s1. The lowest BCUT2D eigenvalue weighted by Gasteiger charge is -2.28. The molecule has 45 heavy (non-hydrogen) atoms. The number of fused-ring (bicyclic) bond motifs is 2. The number of carbonyl (C=O) groups excluding carboxylic acids is 1. The molecule has 0 aliphatic carbocycles. The van der Waals surface area contributed by atoms with Gasteiger partial charge in [-0.25, -0.2) is 18.3 Å². The third-order valence-corrected chi connectivity index (χ3v) is 8.73. The van der Waals surface area contributed by atoms with Crippen molar-refractivity contribution in [2.75, 3.05) is 24.7 Å². The lowest BCUT2D eigenvalue weighted by Crippen LogP contribution is -2.47. The average Bonchev–Trinajstić information content (AvgIpc) is 3.48. The van der Waals surface area contributed by atoms with E-state index in [1.54, 1.807) is 57.3 Å². The van der Waals surface area contributed by atoms with Crippen LogP contribution in [0.2, 0.25) is 0 Å². The Labute approximate surface area is 256 Å². The Morgan fingerprint density at radius 1 is 1.20 bits per heavy atom. The van der Waals surface area contributed by atoms with Crippen LogP contribution >= 0.6 is 7.75 Å². The van der Waals surface area contributed by atoms with Gasteiger partial charge in [0.1, 0.15) is 18.4 Å². The molecule has 4 aromatic rings. The number of aliphatic hydroxyl groups is 1. The van der Waals surface area contributed by atoms with Crippen molar-refractivity contribution < 1.29 is 41.8 Å². The van der Waals surface area contributed by atoms with Crippen molar-refractivity contribution in [1.29, 1.82) is 0 Å². The van der Waals surface area contributed by atoms with Crippen molar-refractivity contribution in [3.05, 3.63) is 48.8 Å². The van der Waals surface area contributed by atoms with Crippen molar-refractivity contribution in [2.45, 2.75) is 63.7 Å². The van der Waals surface area contributed by atoms with Gasteiger partial charge < -0.3 is 30.2 Å². The van der Waals surface area contributed by atoms with E-state index < -0.39 is 56.3 Å². The molecule has 1 fully saturated rings. The first-order valence-corrected chi connectivity index (χ1v) is 15.5. The predicted octanol–water partition coefficient (Wildman–Crippen LogP) is 4.02. The van der Waals surface area contributed by atoms with Gasteiger partial charge in [-0.1, -0.05) is 36.4 Å². The van der Waals surface area contributed by atoms with Gasteiger partial charge >= 0.3 is 13.7 Å². The minimum atomic E-state index is -4.67. The Morgan fingerprint density at radius 2 is 1.91 bits per heavy atom. The Kier molecular flexibility index (Phi) is 8.72. The Morgan fingerprint density at radius 3 is 2.62 bits per heavy atom. The lowest BCUT2D eigenvalue weighted by atomic mass is 9.97. The molecule has 1 saturated heterocycles. The van der Waals surface area contributed by atoms with Crippen LogP contribution in [0.4, 0.5) is 20.5 Å². The smallest absolute Gasteiger partial charge is 0.459 e. The zero-order chi connectivity index (χ0) is 32.7. The summed E-state index contributed by atoms with van der Waals surface area (Å²) in [6.07, 6.45) is -3.62. The number of nitrogens with one attached hydrogen (secondary N) is 2. The monoisotopic (exact) mass is 649 g/mol. The molecule has 14 nitrogen and oxygen atoms in total. The number of hydrogen-bond donors (Lipinski definition) is 4. The highest BCUT2D eigenvalue weighted by molar-refractivity contribution is 7.52. The molecule has 5 N–H and O–H groups in total. The number of nitrogen functional groups attached to an aromatic ring is 1. The maximum Gasteiger partial charge on any atom is 0.459 e. The number of nitrogens with zero attached hydrogens (tertiary/aromatic N) is 4. The van der Waals surface area contributed by atoms with E-state index in [1.807, 2.05) is 0 Å². The maximum atomic E-state index is 16.4. The molecule has 0 unspecified atom stereocenters. The number of halogens is 2. The number of ether oxygens (including phenoxy) is 2. The van der Waals surface area contributed by atoms with Crippen LogP contribution in [0.25, 0.3) is 21.9 Å². The first-order chi connectivity index (χ1) is 21.2. The summed E-state index contributed by atoms with van der Waals surface area (Å²) in [5, 5.41) is 17.4. The van der Waals surface area contributed by atoms with Crippen LogP contribution in [-0.2, 0) is 23.4 Å². The number of carbonyl (C=O) groups is 1. The minimum Gasteiger partial charge on any atom is -0.462 e. The Balaban J connectivity index is 1.45. The molecule has 17 heteroatoms. The van der Waals surface area contributed by atoms with Crippen molar-refractivity contribution in [3.8, 4) is 5.75 Å². The van der Waals surface area contributed by atoms with E-state index >= 15 is 8.78 Å². The molecule has 0 radical (unpaired) electrons. The number of imidazole rings is 1. The van der Waals surface area contributed by atoms with Gasteiger partial charge in [-0.05, 0) is 39.1 Å². The van der Waals surface area contributed by atoms with Gasteiger partial charge in [-0.15, -0.1) is 0 Å². The number of hydrogen-bond acceptors (Lipinski definition) is 12. The number of aromatic nitrogens is 4. The van der Waals surface area contributed by atoms with Gasteiger partial charge in [-0.2, -0.15) is 15.1 Å². The SMILES string of the molecule is CNc1nc(N)nc2c1ncn2[C@@H]1O[C@](F)(CO[P@@](=O)(N[C@H](C)C(=O)OC(C)C)Oc2cccc3ccccc23)[C@@H](O)[C@@]1(C)F. The third kappa shape index (κ3) is 6.29. The van der Waals surface area contributed by atoms with Crippen molar-refractivity contribution >= 4 is 47.4 Å². The number of benzene rings is 2. The molecule has 0 spiro atoms. The van der Waals surface area contributed by atoms with Crippen LogP contribution < -0.4 is 20.7 Å². The summed E-state index contributed by atoms with van der Waals surface area (Å²) >= 11 is 0. The maximum absolute atomic E-state index is 16.4. The summed E-state index contributed by atoms with van der Waals surface area (Å²) < 4.78 is 69.7. The zero-order valence-corrected chi connectivity index (χ0v) is 26.0. The summed E-state index contributed by atoms with van der Waals surface area (Å²) in [5.74, 6) is -3.91. The van der Waals surface area contributed by atoms with Crippen LogP contribution in [0, 0.1) is 0 Å². The largest absolute Gasteiger partial charge is 0.462 e. The van der Waals surface area contributed by atoms with Crippen LogP contribution in [-0.4, -0.2) is 74.0 Å². The second-order valence-corrected chi connectivity index (χ2v) is 12.7. The minimum absolute atomic E-state index is 0.00205. The van der Waals surface area contributed by atoms with Crippen LogP contribution in [0.3, 0.4) is 0 Å². The number of esters is 1. The van der Waals surface area contributed by atoms with Gasteiger partial charge in [0.15, 0.2) is 35.0 Å². The van der Waals surface area contributed by atoms with Crippen LogP contribution in [0.15, 0.2) is 48.8 Å². The Bertz CT molecular complexity index is 1770. The fraction of sp³-hybridized carbons (Fsp3) is 0.429. The molecule has 242 valence electrons. The van der Waals surface area contributed by atoms with Gasteiger partial charge in [0.25, 0.3) is 5.85 Å². The quantitative estimate of drug-likeness (QED) is 0.135. The second kappa shape index (κ2) is 12.1. The first kappa shape index (κ1) is 32.4. The summed E-state index contributed by atoms with van der Waals surface area (Å²) in [7, 11) is -3.10. The molecule has 0 saturated carbocycles. The molecule has 2 aromatic carbocycles. The van der Waals surface area contributed by atoms with E-state index in [9.17, 15) is 14.5 Å². The number of aliphatic hydroxyl groups excluding tert-OH is 1. The van der Waals surface area contributed by atoms with Gasteiger partial charge in [0.05, 0.1) is 12.4 Å². The van der Waals surface area contributed by atoms with Crippen molar-refractivity contribution in [1.82, 2.24) is 24.6 Å². The molecule has 5 rings (SSSR count). The summed E-state index contributed by atoms with van der Waals surface area (Å²) in [6.45, 7) is 4.26. The first-order valence-electron chi connectivity index (χ1n) is 14.0. The molecular formula is C28H34F2N7O7P. The highest BCUT2D eigenvalue weighted by atomic mass is 31.2. The normalized spacial score (nSPS) is 25.4. The molecule has 0 amide bonds. The van der Waals surface area contributed by atoms with Crippen LogP contribution in [0.1, 0.15) is 33.9 Å². The number of anilines is 2. The zero-order valence-electron chi connectivity index (χ0n) is 25.1. The van der Waals surface area contributed by atoms with Gasteiger partial charge in [0, 0.05) is 12.4 Å². The topological polar surface area (TPSA) is 185 Å². The second-order valence-electron chi connectivity index (χ2n) is 11.0. The van der Waals surface area contributed by atoms with E-state index in [0.717, 1.165) is 23.2 Å². The number of rotatable bonds is 11. The van der Waals surface area contributed by atoms with Gasteiger partial charge in [0.2, 0.25) is 5.95 Å². The fourth-order valence-corrected chi connectivity index (χ4v) is 6.46. The van der Waals surface area contributed by atoms with E-state index in [4.69, 9.17) is 24.3 Å². The molecule has 1 aliphatic heterocycles. The lowest BCUT2D eigenvalue weighted by molar-refractivity contribution is -0.202. The highest BCUT2D eigenvalue weighted by Gasteiger charge is 2.65. The van der Waals surface area contributed by atoms with E-state index in [2.05, 4.69) is 25.4 Å². The van der Waals surface area contributed by atoms with E-state index in [0.29, 0.717) is 5.39 Å². The molecular weight excluding hydrogens is 615 g/mol. The molecule has 2 aromatic heterocycles. The van der Waals surface area contributed by atoms with E-state index in [1.165, 1.54) is 13.0 Å². The summed E-state index contributed by atoms with van der Waals surface area (Å²) in [5.41, 5.74) is 3.20. The molecule has 0 bridgehead atoms. The predicted molar refractivity (Wildman–Crippen MR) is 161 cm³/mol. The van der Waals surface area contributed by atoms with Crippen LogP contribution in [0.5, 0.6) is 5.75 Å². The van der Waals surface area contributed by atoms with Crippen molar-refractivity contribution in [2.24, 2.45) is 0 Å². The highest BCUT2D eigenvalue weighted by Crippen LogP contribution is 2.52. The van der Waals surface area contributed by atoms with E-state index in [-0.39, 0.29) is 28.7 Å². The number of alkyl halides is 2. The van der Waals surface area contributed by atoms with Gasteiger partial charge in [-0.3, -0.25) is 13.9 Å². The molecule has 3 heterocycles. The third-order valence-electron chi connectivity index (χ3n) is 7.12. The summed E-state index contributed by atoms with van der Waals surface area (Å²) in [4.78, 5) is 24.8. The summed E-state index contributed by atoms with van der Waals surface area (Å²) in [6, 6.07) is 10.7. The molecule has 6 atom stereocenters. The number of nitrogens with two attached hydrogens (primary N) is 1. The molecule has 1 aliphatic rings. The van der Waals surface area contributed by atoms with Crippen molar-refractivity contribution in [3.63, 3.8) is 0 Å². The fourth-order valence-electron chi connectivity index (χ4n) is 4.93. The average molecular weight is 650 g/mol. The Hall–Kier alpha value is -3.95.